The first-order valence-electron chi connectivity index (χ1n) is 9.36. The fourth-order valence-corrected chi connectivity index (χ4v) is 2.64. The predicted octanol–water partition coefficient (Wildman–Crippen LogP) is 4.21. The zero-order valence-electron chi connectivity index (χ0n) is 16.3. The van der Waals surface area contributed by atoms with Gasteiger partial charge in [0.05, 0.1) is 23.4 Å². The third kappa shape index (κ3) is 5.16. The van der Waals surface area contributed by atoms with Gasteiger partial charge in [-0.25, -0.2) is 14.8 Å². The van der Waals surface area contributed by atoms with Crippen LogP contribution < -0.4 is 10.6 Å². The summed E-state index contributed by atoms with van der Waals surface area (Å²) in [6, 6.07) is 14.6. The number of nitrogens with zero attached hydrogens (tertiary/aromatic N) is 2. The van der Waals surface area contributed by atoms with Crippen molar-refractivity contribution < 1.29 is 14.3 Å². The molecule has 1 heterocycles. The van der Waals surface area contributed by atoms with Crippen LogP contribution in [0.4, 0.5) is 17.3 Å². The van der Waals surface area contributed by atoms with Crippen molar-refractivity contribution >= 4 is 29.2 Å². The molecule has 3 aromatic rings. The number of rotatable bonds is 7. The zero-order valence-corrected chi connectivity index (χ0v) is 16.3. The van der Waals surface area contributed by atoms with Gasteiger partial charge in [0, 0.05) is 18.1 Å². The molecule has 0 saturated carbocycles. The van der Waals surface area contributed by atoms with Gasteiger partial charge in [-0.3, -0.25) is 4.79 Å². The molecule has 0 saturated heterocycles. The van der Waals surface area contributed by atoms with E-state index in [0.717, 1.165) is 12.1 Å². The van der Waals surface area contributed by atoms with Crippen molar-refractivity contribution in [2.75, 3.05) is 17.2 Å². The number of benzene rings is 2. The summed E-state index contributed by atoms with van der Waals surface area (Å²) in [5.74, 6) is -0.522. The van der Waals surface area contributed by atoms with Gasteiger partial charge in [0.1, 0.15) is 0 Å². The Morgan fingerprint density at radius 2 is 1.66 bits per heavy atom. The number of anilines is 3. The summed E-state index contributed by atoms with van der Waals surface area (Å²) in [4.78, 5) is 32.9. The highest BCUT2D eigenvalue weighted by atomic mass is 16.5. The van der Waals surface area contributed by atoms with Crippen molar-refractivity contribution in [1.82, 2.24) is 9.97 Å². The van der Waals surface area contributed by atoms with Crippen molar-refractivity contribution in [1.29, 1.82) is 0 Å². The topological polar surface area (TPSA) is 93.2 Å². The quantitative estimate of drug-likeness (QED) is 0.587. The Labute approximate surface area is 169 Å². The van der Waals surface area contributed by atoms with E-state index in [2.05, 4.69) is 27.5 Å². The van der Waals surface area contributed by atoms with E-state index < -0.39 is 11.9 Å². The van der Waals surface area contributed by atoms with Gasteiger partial charge in [-0.15, -0.1) is 0 Å². The molecule has 2 N–H and O–H groups in total. The SMILES string of the molecule is CCOC(=O)c1ccccc1NC(=O)c1cnc(Nc2ccc(CC)cc2)nc1. The molecule has 3 rings (SSSR count). The molecule has 29 heavy (non-hydrogen) atoms. The number of hydrogen-bond donors (Lipinski definition) is 2. The molecule has 0 bridgehead atoms. The van der Waals surface area contributed by atoms with Crippen molar-refractivity contribution in [3.63, 3.8) is 0 Å². The largest absolute Gasteiger partial charge is 0.462 e. The van der Waals surface area contributed by atoms with Crippen LogP contribution in [0.2, 0.25) is 0 Å². The molecular formula is C22H22N4O3. The zero-order chi connectivity index (χ0) is 20.6. The number of esters is 1. The van der Waals surface area contributed by atoms with Crippen LogP contribution in [0, 0.1) is 0 Å². The molecule has 1 aromatic heterocycles. The second-order valence-electron chi connectivity index (χ2n) is 6.19. The van der Waals surface area contributed by atoms with E-state index in [1.54, 1.807) is 31.2 Å². The fourth-order valence-electron chi connectivity index (χ4n) is 2.64. The average Bonchev–Trinajstić information content (AvgIpc) is 2.75. The highest BCUT2D eigenvalue weighted by molar-refractivity contribution is 6.07. The van der Waals surface area contributed by atoms with Crippen LogP contribution >= 0.6 is 0 Å². The summed E-state index contributed by atoms with van der Waals surface area (Å²) in [6.45, 7) is 4.08. The fraction of sp³-hybridized carbons (Fsp3) is 0.182. The Hall–Kier alpha value is -3.74. The highest BCUT2D eigenvalue weighted by Gasteiger charge is 2.15. The van der Waals surface area contributed by atoms with Gasteiger partial charge in [-0.05, 0) is 43.2 Å². The van der Waals surface area contributed by atoms with Crippen molar-refractivity contribution in [2.24, 2.45) is 0 Å². The van der Waals surface area contributed by atoms with E-state index in [1.165, 1.54) is 18.0 Å². The molecular weight excluding hydrogens is 368 g/mol. The number of hydrogen-bond acceptors (Lipinski definition) is 6. The number of carbonyl (C=O) groups is 2. The molecule has 0 radical (unpaired) electrons. The Morgan fingerprint density at radius 1 is 0.966 bits per heavy atom. The van der Waals surface area contributed by atoms with Gasteiger partial charge < -0.3 is 15.4 Å². The van der Waals surface area contributed by atoms with Crippen molar-refractivity contribution in [3.8, 4) is 0 Å². The lowest BCUT2D eigenvalue weighted by molar-refractivity contribution is 0.0527. The van der Waals surface area contributed by atoms with Gasteiger partial charge in [-0.2, -0.15) is 0 Å². The average molecular weight is 390 g/mol. The van der Waals surface area contributed by atoms with Crippen LogP contribution in [0.15, 0.2) is 60.9 Å². The monoisotopic (exact) mass is 390 g/mol. The maximum atomic E-state index is 12.5. The summed E-state index contributed by atoms with van der Waals surface area (Å²) in [5.41, 5.74) is 3.04. The minimum absolute atomic E-state index is 0.255. The lowest BCUT2D eigenvalue weighted by Gasteiger charge is -2.10. The summed E-state index contributed by atoms with van der Waals surface area (Å²) in [7, 11) is 0. The van der Waals surface area contributed by atoms with E-state index >= 15 is 0 Å². The standard InChI is InChI=1S/C22H22N4O3/c1-3-15-9-11-17(12-10-15)25-22-23-13-16(14-24-22)20(27)26-19-8-6-5-7-18(19)21(28)29-4-2/h5-14H,3-4H2,1-2H3,(H,26,27)(H,23,24,25). The van der Waals surface area contributed by atoms with Gasteiger partial charge in [0.25, 0.3) is 5.91 Å². The molecule has 0 aliphatic rings. The normalized spacial score (nSPS) is 10.3. The first-order chi connectivity index (χ1) is 14.1. The number of para-hydroxylation sites is 1. The second kappa shape index (κ2) is 9.45. The first-order valence-corrected chi connectivity index (χ1v) is 9.36. The number of aromatic nitrogens is 2. The molecule has 0 spiro atoms. The van der Waals surface area contributed by atoms with Crippen LogP contribution in [-0.4, -0.2) is 28.5 Å². The van der Waals surface area contributed by atoms with Gasteiger partial charge in [0.15, 0.2) is 0 Å². The number of ether oxygens (including phenoxy) is 1. The molecule has 148 valence electrons. The maximum absolute atomic E-state index is 12.5. The minimum Gasteiger partial charge on any atom is -0.462 e. The van der Waals surface area contributed by atoms with E-state index in [-0.39, 0.29) is 17.7 Å². The summed E-state index contributed by atoms with van der Waals surface area (Å²) >= 11 is 0. The Balaban J connectivity index is 1.68. The summed E-state index contributed by atoms with van der Waals surface area (Å²) < 4.78 is 5.02. The lowest BCUT2D eigenvalue weighted by Crippen LogP contribution is -2.16. The highest BCUT2D eigenvalue weighted by Crippen LogP contribution is 2.18. The van der Waals surface area contributed by atoms with Crippen LogP contribution in [-0.2, 0) is 11.2 Å². The maximum Gasteiger partial charge on any atom is 0.340 e. The molecule has 0 fully saturated rings. The molecule has 2 aromatic carbocycles. The second-order valence-corrected chi connectivity index (χ2v) is 6.19. The van der Waals surface area contributed by atoms with Crippen molar-refractivity contribution in [3.05, 3.63) is 77.6 Å². The Bertz CT molecular complexity index is 986. The van der Waals surface area contributed by atoms with Gasteiger partial charge in [0.2, 0.25) is 5.95 Å². The smallest absolute Gasteiger partial charge is 0.340 e. The molecule has 7 nitrogen and oxygen atoms in total. The molecule has 1 amide bonds. The summed E-state index contributed by atoms with van der Waals surface area (Å²) in [5, 5.41) is 5.80. The van der Waals surface area contributed by atoms with Crippen molar-refractivity contribution in [2.45, 2.75) is 20.3 Å². The third-order valence-corrected chi connectivity index (χ3v) is 4.20. The molecule has 0 aliphatic carbocycles. The number of amides is 1. The van der Waals surface area contributed by atoms with Crippen LogP contribution in [0.25, 0.3) is 0 Å². The minimum atomic E-state index is -0.492. The van der Waals surface area contributed by atoms with Crippen LogP contribution in [0.5, 0.6) is 0 Å². The van der Waals surface area contributed by atoms with E-state index in [1.807, 2.05) is 24.3 Å². The molecule has 0 unspecified atom stereocenters. The molecule has 0 aliphatic heterocycles. The molecule has 7 heteroatoms. The lowest BCUT2D eigenvalue weighted by atomic mass is 10.1. The number of carbonyl (C=O) groups excluding carboxylic acids is 2. The molecule has 0 atom stereocenters. The predicted molar refractivity (Wildman–Crippen MR) is 111 cm³/mol. The number of nitrogens with one attached hydrogen (secondary N) is 2. The Kier molecular flexibility index (Phi) is 6.52. The van der Waals surface area contributed by atoms with E-state index in [0.29, 0.717) is 11.6 Å². The first kappa shape index (κ1) is 20.0. The number of aryl methyl sites for hydroxylation is 1. The van der Waals surface area contributed by atoms with E-state index in [4.69, 9.17) is 4.74 Å². The van der Waals surface area contributed by atoms with Crippen LogP contribution in [0.1, 0.15) is 40.1 Å². The van der Waals surface area contributed by atoms with Gasteiger partial charge in [-0.1, -0.05) is 31.2 Å². The van der Waals surface area contributed by atoms with Gasteiger partial charge >= 0.3 is 5.97 Å². The van der Waals surface area contributed by atoms with E-state index in [9.17, 15) is 9.59 Å². The third-order valence-electron chi connectivity index (χ3n) is 4.20. The van der Waals surface area contributed by atoms with Crippen LogP contribution in [0.3, 0.4) is 0 Å². The Morgan fingerprint density at radius 3 is 2.31 bits per heavy atom. The summed E-state index contributed by atoms with van der Waals surface area (Å²) in [6.07, 6.45) is 3.83.